The van der Waals surface area contributed by atoms with Crippen LogP contribution >= 0.6 is 11.6 Å². The Bertz CT molecular complexity index is 1300. The van der Waals surface area contributed by atoms with Crippen LogP contribution in [0.4, 0.5) is 0 Å². The quantitative estimate of drug-likeness (QED) is 0.297. The molecule has 3 atom stereocenters. The third-order valence-electron chi connectivity index (χ3n) is 6.59. The molecule has 0 radical (unpaired) electrons. The number of aliphatic hydroxyl groups is 1. The van der Waals surface area contributed by atoms with Crippen LogP contribution in [0.5, 0.6) is 11.5 Å². The maximum absolute atomic E-state index is 13.8. The summed E-state index contributed by atoms with van der Waals surface area (Å²) < 4.78 is 39.4. The van der Waals surface area contributed by atoms with Crippen LogP contribution in [0.15, 0.2) is 53.4 Å². The lowest BCUT2D eigenvalue weighted by Gasteiger charge is -2.34. The molecule has 0 aliphatic carbocycles. The molecule has 12 heteroatoms. The Morgan fingerprint density at radius 3 is 2.37 bits per heavy atom. The lowest BCUT2D eigenvalue weighted by Crippen LogP contribution is -2.59. The van der Waals surface area contributed by atoms with E-state index in [2.05, 4.69) is 10.6 Å². The Morgan fingerprint density at radius 2 is 1.76 bits per heavy atom. The molecule has 0 fully saturated rings. The third kappa shape index (κ3) is 8.81. The molecule has 1 aliphatic heterocycles. The highest BCUT2D eigenvalue weighted by Crippen LogP contribution is 2.35. The molecule has 0 bridgehead atoms. The maximum atomic E-state index is 13.8. The van der Waals surface area contributed by atoms with Gasteiger partial charge in [0.1, 0.15) is 11.9 Å². The van der Waals surface area contributed by atoms with Crippen molar-refractivity contribution < 1.29 is 32.6 Å². The molecule has 2 amide bonds. The fourth-order valence-electron chi connectivity index (χ4n) is 4.49. The number of alkyl halides is 1. The minimum absolute atomic E-state index is 0.00896. The second kappa shape index (κ2) is 13.9. The zero-order valence-corrected chi connectivity index (χ0v) is 25.7. The zero-order chi connectivity index (χ0) is 30.4. The van der Waals surface area contributed by atoms with Gasteiger partial charge >= 0.3 is 0 Å². The number of nitrogens with one attached hydrogen (secondary N) is 2. The van der Waals surface area contributed by atoms with E-state index in [0.717, 1.165) is 5.56 Å². The second-order valence-electron chi connectivity index (χ2n) is 11.6. The Hall–Kier alpha value is -2.86. The molecule has 0 aromatic heterocycles. The molecule has 0 saturated carbocycles. The molecule has 3 N–H and O–H groups in total. The molecule has 0 spiro atoms. The number of hydrogen-bond donors (Lipinski definition) is 3. The molecule has 10 nitrogen and oxygen atoms in total. The van der Waals surface area contributed by atoms with Gasteiger partial charge in [0.05, 0.1) is 17.0 Å². The molecule has 1 aliphatic rings. The summed E-state index contributed by atoms with van der Waals surface area (Å²) in [5.74, 6) is -0.580. The number of halogens is 1. The van der Waals surface area contributed by atoms with E-state index < -0.39 is 45.4 Å². The highest BCUT2D eigenvalue weighted by atomic mass is 35.5. The number of carbonyl (C=O) groups excluding carboxylic acids is 2. The van der Waals surface area contributed by atoms with Crippen LogP contribution in [-0.2, 0) is 26.0 Å². The van der Waals surface area contributed by atoms with Crippen LogP contribution in [0.25, 0.3) is 0 Å². The van der Waals surface area contributed by atoms with Crippen LogP contribution in [0.3, 0.4) is 0 Å². The summed E-state index contributed by atoms with van der Waals surface area (Å²) in [5, 5.41) is 17.0. The van der Waals surface area contributed by atoms with Crippen molar-refractivity contribution in [2.24, 2.45) is 11.3 Å². The standard InChI is InChI=1S/C29H40ClN3O7S/c1-19(2)16-33(41(37,38)21-11-12-24-25(14-21)40-18-39-24)17-23(34)22(13-20-9-7-6-8-10-20)31-28(36)27(29(3,4)5)32-26(35)15-30/h6-12,14,19,22-23,27,34H,13,15-18H2,1-5H3,(H,31,36)(H,32,35)/t22-,23+,27+/m0/s1/i26+2. The van der Waals surface area contributed by atoms with Crippen molar-refractivity contribution in [1.29, 1.82) is 0 Å². The molecule has 41 heavy (non-hydrogen) atoms. The molecule has 2 aromatic rings. The number of fused-ring (bicyclic) bond motifs is 1. The number of rotatable bonds is 13. The molecule has 226 valence electrons. The Balaban J connectivity index is 1.91. The first-order valence-electron chi connectivity index (χ1n) is 13.5. The number of sulfonamides is 1. The predicted octanol–water partition coefficient (Wildman–Crippen LogP) is 2.92. The number of carbonyl (C=O) groups is 2. The lowest BCUT2D eigenvalue weighted by atomic mass is 9.86. The lowest BCUT2D eigenvalue weighted by molar-refractivity contribution is -0.131. The zero-order valence-electron chi connectivity index (χ0n) is 24.1. The smallest absolute Gasteiger partial charge is 0.243 e. The number of aliphatic hydroxyl groups excluding tert-OH is 1. The van der Waals surface area contributed by atoms with Gasteiger partial charge in [0.15, 0.2) is 11.5 Å². The summed E-state index contributed by atoms with van der Waals surface area (Å²) in [6.45, 7) is 9.03. The van der Waals surface area contributed by atoms with Crippen LogP contribution in [-0.4, -0.2) is 73.6 Å². The van der Waals surface area contributed by atoms with Gasteiger partial charge in [0.2, 0.25) is 28.6 Å². The molecule has 0 unspecified atom stereocenters. The van der Waals surface area contributed by atoms with Crippen molar-refractivity contribution in [2.75, 3.05) is 25.8 Å². The summed E-state index contributed by atoms with van der Waals surface area (Å²) in [5.41, 5.74) is 0.170. The summed E-state index contributed by atoms with van der Waals surface area (Å²) >= 11 is 5.68. The van der Waals surface area contributed by atoms with Gasteiger partial charge in [-0.2, -0.15) is 4.31 Å². The SMILES string of the molecule is CC(C)CN(C[C@@H](O)[C@H](Cc1ccccc1)NC(=O)[C@@H](N[14C](=O)CCl)C(C)(C)C)S(=O)(=O)c1ccc2c(c1)OCO2. The molecule has 1 heterocycles. The number of nitrogens with zero attached hydrogens (tertiary/aromatic N) is 1. The largest absolute Gasteiger partial charge is 0.454 e. The van der Waals surface area contributed by atoms with Gasteiger partial charge in [-0.05, 0) is 35.4 Å². The van der Waals surface area contributed by atoms with E-state index in [4.69, 9.17) is 21.1 Å². The van der Waals surface area contributed by atoms with E-state index in [0.29, 0.717) is 11.5 Å². The van der Waals surface area contributed by atoms with Gasteiger partial charge in [0.25, 0.3) is 0 Å². The predicted molar refractivity (Wildman–Crippen MR) is 156 cm³/mol. The van der Waals surface area contributed by atoms with E-state index in [1.165, 1.54) is 16.4 Å². The molecule has 2 aromatic carbocycles. The van der Waals surface area contributed by atoms with E-state index in [1.807, 2.05) is 44.2 Å². The van der Waals surface area contributed by atoms with Crippen molar-refractivity contribution >= 4 is 33.4 Å². The first-order valence-corrected chi connectivity index (χ1v) is 15.5. The summed E-state index contributed by atoms with van der Waals surface area (Å²) in [6, 6.07) is 11.8. The molecular formula is C29H40ClN3O7S. The number of hydrogen-bond acceptors (Lipinski definition) is 7. The van der Waals surface area contributed by atoms with Crippen molar-refractivity contribution in [3.63, 3.8) is 0 Å². The van der Waals surface area contributed by atoms with Crippen LogP contribution in [0.1, 0.15) is 40.2 Å². The van der Waals surface area contributed by atoms with E-state index in [-0.39, 0.29) is 43.0 Å². The monoisotopic (exact) mass is 611 g/mol. The number of amides is 2. The van der Waals surface area contributed by atoms with Crippen molar-refractivity contribution in [3.05, 3.63) is 54.1 Å². The van der Waals surface area contributed by atoms with E-state index >= 15 is 0 Å². The van der Waals surface area contributed by atoms with Crippen LogP contribution < -0.4 is 20.1 Å². The van der Waals surface area contributed by atoms with Gasteiger partial charge in [0, 0.05) is 19.2 Å². The average Bonchev–Trinajstić information content (AvgIpc) is 3.38. The maximum Gasteiger partial charge on any atom is 0.243 e. The third-order valence-corrected chi connectivity index (χ3v) is 8.66. The topological polar surface area (TPSA) is 134 Å². The molecule has 0 saturated heterocycles. The van der Waals surface area contributed by atoms with Crippen molar-refractivity contribution in [3.8, 4) is 11.5 Å². The van der Waals surface area contributed by atoms with Crippen LogP contribution in [0, 0.1) is 11.3 Å². The van der Waals surface area contributed by atoms with Crippen molar-refractivity contribution in [1.82, 2.24) is 14.9 Å². The van der Waals surface area contributed by atoms with Gasteiger partial charge in [-0.3, -0.25) is 9.59 Å². The second-order valence-corrected chi connectivity index (χ2v) is 13.8. The molecular weight excluding hydrogens is 572 g/mol. The normalized spacial score (nSPS) is 15.4. The number of benzene rings is 2. The Labute approximate surface area is 247 Å². The fraction of sp³-hybridized carbons (Fsp3) is 0.517. The highest BCUT2D eigenvalue weighted by Gasteiger charge is 2.36. The first-order chi connectivity index (χ1) is 19.2. The summed E-state index contributed by atoms with van der Waals surface area (Å²) in [7, 11) is -4.05. The minimum atomic E-state index is -4.05. The van der Waals surface area contributed by atoms with Gasteiger partial charge in [-0.25, -0.2) is 8.42 Å². The Kier molecular flexibility index (Phi) is 11.0. The summed E-state index contributed by atoms with van der Waals surface area (Å²) in [6.07, 6.45) is -1.06. The van der Waals surface area contributed by atoms with E-state index in [1.54, 1.807) is 26.8 Å². The molecule has 3 rings (SSSR count). The van der Waals surface area contributed by atoms with Gasteiger partial charge in [-0.1, -0.05) is 65.0 Å². The summed E-state index contributed by atoms with van der Waals surface area (Å²) in [4.78, 5) is 25.6. The average molecular weight is 612 g/mol. The fourth-order valence-corrected chi connectivity index (χ4v) is 6.21. The Morgan fingerprint density at radius 1 is 1.10 bits per heavy atom. The van der Waals surface area contributed by atoms with Crippen LogP contribution in [0.2, 0.25) is 0 Å². The first kappa shape index (κ1) is 32.7. The van der Waals surface area contributed by atoms with Gasteiger partial charge < -0.3 is 25.2 Å². The van der Waals surface area contributed by atoms with E-state index in [9.17, 15) is 23.1 Å². The highest BCUT2D eigenvalue weighted by molar-refractivity contribution is 7.89. The number of ether oxygens (including phenoxy) is 2. The van der Waals surface area contributed by atoms with Gasteiger partial charge in [-0.15, -0.1) is 11.6 Å². The minimum Gasteiger partial charge on any atom is -0.454 e. The van der Waals surface area contributed by atoms with Crippen molar-refractivity contribution in [2.45, 2.75) is 64.1 Å².